The van der Waals surface area contributed by atoms with Gasteiger partial charge in [-0.2, -0.15) is 0 Å². The molecular formula is C11H19N3. The van der Waals surface area contributed by atoms with Crippen molar-refractivity contribution in [3.8, 4) is 0 Å². The fourth-order valence-electron chi connectivity index (χ4n) is 2.16. The maximum atomic E-state index is 4.20. The van der Waals surface area contributed by atoms with E-state index in [1.165, 1.54) is 31.6 Å². The van der Waals surface area contributed by atoms with Gasteiger partial charge in [-0.1, -0.05) is 6.92 Å². The monoisotopic (exact) mass is 193 g/mol. The van der Waals surface area contributed by atoms with Gasteiger partial charge >= 0.3 is 0 Å². The molecule has 1 saturated heterocycles. The van der Waals surface area contributed by atoms with E-state index >= 15 is 0 Å². The van der Waals surface area contributed by atoms with Crippen LogP contribution in [0.2, 0.25) is 0 Å². The van der Waals surface area contributed by atoms with Crippen molar-refractivity contribution in [3.05, 3.63) is 18.2 Å². The first-order valence-corrected chi connectivity index (χ1v) is 5.60. The molecule has 0 radical (unpaired) electrons. The summed E-state index contributed by atoms with van der Waals surface area (Å²) < 4.78 is 2.30. The van der Waals surface area contributed by atoms with Gasteiger partial charge < -0.3 is 9.88 Å². The molecule has 1 aliphatic rings. The highest BCUT2D eigenvalue weighted by atomic mass is 15.1. The Morgan fingerprint density at radius 3 is 3.29 bits per heavy atom. The van der Waals surface area contributed by atoms with Crippen molar-refractivity contribution in [1.29, 1.82) is 0 Å². The van der Waals surface area contributed by atoms with Crippen molar-refractivity contribution >= 4 is 0 Å². The maximum absolute atomic E-state index is 4.20. The zero-order chi connectivity index (χ0) is 9.80. The number of aryl methyl sites for hydroxylation is 1. The fourth-order valence-corrected chi connectivity index (χ4v) is 2.16. The molecule has 0 aliphatic carbocycles. The zero-order valence-electron chi connectivity index (χ0n) is 8.87. The molecule has 0 aromatic carbocycles. The van der Waals surface area contributed by atoms with E-state index in [0.717, 1.165) is 18.9 Å². The van der Waals surface area contributed by atoms with Crippen molar-refractivity contribution in [2.45, 2.75) is 32.7 Å². The zero-order valence-corrected chi connectivity index (χ0v) is 8.87. The average Bonchev–Trinajstić information content (AvgIpc) is 2.67. The first-order valence-electron chi connectivity index (χ1n) is 5.60. The Balaban J connectivity index is 1.95. The van der Waals surface area contributed by atoms with E-state index in [4.69, 9.17) is 0 Å². The second kappa shape index (κ2) is 4.60. The third-order valence-corrected chi connectivity index (χ3v) is 3.01. The van der Waals surface area contributed by atoms with Crippen LogP contribution in [-0.4, -0.2) is 22.6 Å². The molecule has 1 unspecified atom stereocenters. The summed E-state index contributed by atoms with van der Waals surface area (Å²) in [5, 5.41) is 3.45. The molecule has 3 nitrogen and oxygen atoms in total. The number of piperidine rings is 1. The Morgan fingerprint density at radius 1 is 1.64 bits per heavy atom. The molecule has 1 N–H and O–H groups in total. The van der Waals surface area contributed by atoms with Crippen LogP contribution in [0.3, 0.4) is 0 Å². The van der Waals surface area contributed by atoms with Gasteiger partial charge in [-0.25, -0.2) is 4.98 Å². The molecule has 3 heteroatoms. The normalized spacial score (nSPS) is 22.5. The topological polar surface area (TPSA) is 29.9 Å². The van der Waals surface area contributed by atoms with Crippen LogP contribution < -0.4 is 5.32 Å². The number of aromatic nitrogens is 2. The van der Waals surface area contributed by atoms with Gasteiger partial charge in [0.25, 0.3) is 0 Å². The standard InChI is InChI=1S/C11H19N3/c1-2-11-7-13-9-14(11)8-10-4-3-5-12-6-10/h7,9-10,12H,2-6,8H2,1H3. The molecule has 0 spiro atoms. The molecule has 1 fully saturated rings. The Bertz CT molecular complexity index is 274. The lowest BCUT2D eigenvalue weighted by atomic mass is 9.99. The maximum Gasteiger partial charge on any atom is 0.0948 e. The predicted molar refractivity (Wildman–Crippen MR) is 57.2 cm³/mol. The van der Waals surface area contributed by atoms with Gasteiger partial charge in [-0.15, -0.1) is 0 Å². The number of rotatable bonds is 3. The molecule has 2 heterocycles. The lowest BCUT2D eigenvalue weighted by Gasteiger charge is -2.23. The van der Waals surface area contributed by atoms with E-state index in [2.05, 4.69) is 21.8 Å². The third-order valence-electron chi connectivity index (χ3n) is 3.01. The molecule has 1 atom stereocenters. The van der Waals surface area contributed by atoms with Crippen molar-refractivity contribution < 1.29 is 0 Å². The van der Waals surface area contributed by atoms with E-state index in [9.17, 15) is 0 Å². The van der Waals surface area contributed by atoms with Gasteiger partial charge in [0.1, 0.15) is 0 Å². The first-order chi connectivity index (χ1) is 6.90. The minimum absolute atomic E-state index is 0.795. The van der Waals surface area contributed by atoms with E-state index in [1.54, 1.807) is 0 Å². The number of nitrogens with one attached hydrogen (secondary N) is 1. The minimum Gasteiger partial charge on any atom is -0.334 e. The summed E-state index contributed by atoms with van der Waals surface area (Å²) in [6.45, 7) is 5.69. The van der Waals surface area contributed by atoms with Gasteiger partial charge in [0.05, 0.1) is 6.33 Å². The lowest BCUT2D eigenvalue weighted by molar-refractivity contribution is 0.334. The smallest absolute Gasteiger partial charge is 0.0948 e. The van der Waals surface area contributed by atoms with Gasteiger partial charge in [0.15, 0.2) is 0 Å². The second-order valence-electron chi connectivity index (χ2n) is 4.10. The summed E-state index contributed by atoms with van der Waals surface area (Å²) in [6, 6.07) is 0. The molecule has 0 amide bonds. The van der Waals surface area contributed by atoms with E-state index < -0.39 is 0 Å². The number of imidazole rings is 1. The Hall–Kier alpha value is -0.830. The summed E-state index contributed by atoms with van der Waals surface area (Å²) in [6.07, 6.45) is 7.71. The molecule has 78 valence electrons. The van der Waals surface area contributed by atoms with E-state index in [1.807, 2.05) is 12.5 Å². The quantitative estimate of drug-likeness (QED) is 0.787. The van der Waals surface area contributed by atoms with Crippen LogP contribution in [0.15, 0.2) is 12.5 Å². The average molecular weight is 193 g/mol. The van der Waals surface area contributed by atoms with Gasteiger partial charge in [0.2, 0.25) is 0 Å². The summed E-state index contributed by atoms with van der Waals surface area (Å²) in [5.41, 5.74) is 1.36. The first kappa shape index (κ1) is 9.71. The molecule has 1 aromatic rings. The van der Waals surface area contributed by atoms with Crippen LogP contribution in [0.4, 0.5) is 0 Å². The Morgan fingerprint density at radius 2 is 2.57 bits per heavy atom. The Kier molecular flexibility index (Phi) is 3.19. The highest BCUT2D eigenvalue weighted by molar-refractivity contribution is 4.97. The van der Waals surface area contributed by atoms with E-state index in [0.29, 0.717) is 0 Å². The van der Waals surface area contributed by atoms with Crippen molar-refractivity contribution in [3.63, 3.8) is 0 Å². The minimum atomic E-state index is 0.795. The predicted octanol–water partition coefficient (Wildman–Crippen LogP) is 1.45. The summed E-state index contributed by atoms with van der Waals surface area (Å²) in [7, 11) is 0. The molecule has 1 aromatic heterocycles. The van der Waals surface area contributed by atoms with Crippen LogP contribution in [-0.2, 0) is 13.0 Å². The number of hydrogen-bond donors (Lipinski definition) is 1. The van der Waals surface area contributed by atoms with Gasteiger partial charge in [-0.05, 0) is 38.3 Å². The molecule has 0 saturated carbocycles. The molecule has 0 bridgehead atoms. The van der Waals surface area contributed by atoms with Crippen LogP contribution >= 0.6 is 0 Å². The van der Waals surface area contributed by atoms with Crippen LogP contribution in [0.25, 0.3) is 0 Å². The van der Waals surface area contributed by atoms with Gasteiger partial charge in [0, 0.05) is 18.4 Å². The Labute approximate surface area is 85.5 Å². The van der Waals surface area contributed by atoms with Crippen molar-refractivity contribution in [1.82, 2.24) is 14.9 Å². The van der Waals surface area contributed by atoms with Crippen molar-refractivity contribution in [2.75, 3.05) is 13.1 Å². The van der Waals surface area contributed by atoms with Gasteiger partial charge in [-0.3, -0.25) is 0 Å². The van der Waals surface area contributed by atoms with Crippen molar-refractivity contribution in [2.24, 2.45) is 5.92 Å². The highest BCUT2D eigenvalue weighted by Gasteiger charge is 2.14. The summed E-state index contributed by atoms with van der Waals surface area (Å²) >= 11 is 0. The third kappa shape index (κ3) is 2.15. The summed E-state index contributed by atoms with van der Waals surface area (Å²) in [4.78, 5) is 4.20. The van der Waals surface area contributed by atoms with E-state index in [-0.39, 0.29) is 0 Å². The highest BCUT2D eigenvalue weighted by Crippen LogP contribution is 2.13. The fraction of sp³-hybridized carbons (Fsp3) is 0.727. The molecule has 1 aliphatic heterocycles. The molecular weight excluding hydrogens is 174 g/mol. The lowest BCUT2D eigenvalue weighted by Crippen LogP contribution is -2.32. The van der Waals surface area contributed by atoms with Crippen LogP contribution in [0.1, 0.15) is 25.5 Å². The molecule has 14 heavy (non-hydrogen) atoms. The molecule has 2 rings (SSSR count). The second-order valence-corrected chi connectivity index (χ2v) is 4.10. The van der Waals surface area contributed by atoms with Crippen LogP contribution in [0.5, 0.6) is 0 Å². The number of hydrogen-bond acceptors (Lipinski definition) is 2. The summed E-state index contributed by atoms with van der Waals surface area (Å²) in [5.74, 6) is 0.795. The van der Waals surface area contributed by atoms with Crippen LogP contribution in [0, 0.1) is 5.92 Å². The number of nitrogens with zero attached hydrogens (tertiary/aromatic N) is 2. The largest absolute Gasteiger partial charge is 0.334 e. The SMILES string of the molecule is CCc1cncn1CC1CCCNC1.